The topological polar surface area (TPSA) is 81.0 Å². The number of anilines is 1. The van der Waals surface area contributed by atoms with Gasteiger partial charge in [-0.25, -0.2) is 9.78 Å². The number of amides is 1. The van der Waals surface area contributed by atoms with Gasteiger partial charge in [-0.3, -0.25) is 14.0 Å². The minimum absolute atomic E-state index is 0.0407. The second-order valence-corrected chi connectivity index (χ2v) is 7.23. The Morgan fingerprint density at radius 3 is 2.74 bits per heavy atom. The molecule has 1 fully saturated rings. The second-order valence-electron chi connectivity index (χ2n) is 6.00. The Morgan fingerprint density at radius 2 is 2.04 bits per heavy atom. The van der Waals surface area contributed by atoms with E-state index < -0.39 is 12.6 Å². The minimum atomic E-state index is -0.710. The van der Waals surface area contributed by atoms with Crippen LogP contribution in [0.3, 0.4) is 0 Å². The zero-order chi connectivity index (χ0) is 19.0. The number of carbonyl (C=O) groups is 3. The van der Waals surface area contributed by atoms with Crippen molar-refractivity contribution in [3.05, 3.63) is 52.3 Å². The lowest BCUT2D eigenvalue weighted by molar-refractivity contribution is -0.117. The summed E-state index contributed by atoms with van der Waals surface area (Å²) in [5.41, 5.74) is 1.26. The molecule has 9 heteroatoms. The molecule has 0 unspecified atom stereocenters. The van der Waals surface area contributed by atoms with Crippen molar-refractivity contribution in [2.24, 2.45) is 0 Å². The van der Waals surface area contributed by atoms with Crippen molar-refractivity contribution >= 4 is 51.2 Å². The van der Waals surface area contributed by atoms with Crippen LogP contribution in [-0.2, 0) is 9.53 Å². The minimum Gasteiger partial charge on any atom is -0.453 e. The summed E-state index contributed by atoms with van der Waals surface area (Å²) in [5.74, 6) is -0.969. The first-order valence-corrected chi connectivity index (χ1v) is 9.52. The molecule has 0 N–H and O–H groups in total. The number of rotatable bonds is 5. The van der Waals surface area contributed by atoms with Crippen LogP contribution in [0.5, 0.6) is 0 Å². The van der Waals surface area contributed by atoms with Crippen molar-refractivity contribution < 1.29 is 19.1 Å². The molecular formula is C18H14ClN3O4S. The maximum absolute atomic E-state index is 12.3. The lowest BCUT2D eigenvalue weighted by Gasteiger charge is -2.15. The Kier molecular flexibility index (Phi) is 4.67. The predicted octanol–water partition coefficient (Wildman–Crippen LogP) is 3.22. The number of fused-ring (bicyclic) bond motifs is 1. The van der Waals surface area contributed by atoms with Gasteiger partial charge in [0.15, 0.2) is 28.2 Å². The van der Waals surface area contributed by atoms with Crippen molar-refractivity contribution in [1.29, 1.82) is 0 Å². The van der Waals surface area contributed by atoms with E-state index in [1.54, 1.807) is 40.7 Å². The summed E-state index contributed by atoms with van der Waals surface area (Å²) in [4.78, 5) is 42.7. The number of thiazole rings is 1. The van der Waals surface area contributed by atoms with E-state index in [2.05, 4.69) is 4.98 Å². The molecule has 1 aromatic carbocycles. The summed E-state index contributed by atoms with van der Waals surface area (Å²) in [6, 6.07) is 6.70. The number of benzene rings is 1. The van der Waals surface area contributed by atoms with E-state index in [-0.39, 0.29) is 22.5 Å². The molecule has 7 nitrogen and oxygen atoms in total. The molecular weight excluding hydrogens is 390 g/mol. The van der Waals surface area contributed by atoms with Crippen LogP contribution in [0, 0.1) is 0 Å². The Hall–Kier alpha value is -2.71. The van der Waals surface area contributed by atoms with Crippen LogP contribution >= 0.6 is 22.9 Å². The SMILES string of the molecule is O=C(COC(=O)c1c(Cl)nc2sccn12)c1ccc(N2CCCC2=O)cc1. The smallest absolute Gasteiger partial charge is 0.359 e. The number of esters is 1. The van der Waals surface area contributed by atoms with Crippen molar-refractivity contribution in [1.82, 2.24) is 9.38 Å². The Bertz CT molecular complexity index is 1040. The van der Waals surface area contributed by atoms with E-state index in [1.165, 1.54) is 15.7 Å². The Morgan fingerprint density at radius 1 is 1.26 bits per heavy atom. The normalized spacial score (nSPS) is 14.1. The van der Waals surface area contributed by atoms with Crippen LogP contribution in [-0.4, -0.2) is 40.2 Å². The average molecular weight is 404 g/mol. The Balaban J connectivity index is 1.42. The fourth-order valence-electron chi connectivity index (χ4n) is 2.97. The molecule has 1 amide bonds. The van der Waals surface area contributed by atoms with Crippen molar-refractivity contribution in [3.63, 3.8) is 0 Å². The lowest BCUT2D eigenvalue weighted by atomic mass is 10.1. The number of imidazole rings is 1. The third-order valence-corrected chi connectivity index (χ3v) is 5.34. The van der Waals surface area contributed by atoms with Crippen LogP contribution in [0.25, 0.3) is 4.96 Å². The first kappa shape index (κ1) is 17.7. The van der Waals surface area contributed by atoms with Gasteiger partial charge in [0, 0.05) is 35.8 Å². The number of Topliss-reactive ketones (excluding diaryl/α,β-unsaturated/α-hetero) is 1. The van der Waals surface area contributed by atoms with Gasteiger partial charge in [-0.2, -0.15) is 0 Å². The third kappa shape index (κ3) is 3.33. The number of halogens is 1. The van der Waals surface area contributed by atoms with Crippen LogP contribution in [0.1, 0.15) is 33.7 Å². The summed E-state index contributed by atoms with van der Waals surface area (Å²) in [5, 5.41) is 1.81. The summed E-state index contributed by atoms with van der Waals surface area (Å²) in [6.45, 7) is 0.279. The summed E-state index contributed by atoms with van der Waals surface area (Å²) in [7, 11) is 0. The first-order chi connectivity index (χ1) is 13.0. The van der Waals surface area contributed by atoms with Crippen molar-refractivity contribution in [3.8, 4) is 0 Å². The van der Waals surface area contributed by atoms with Crippen molar-refractivity contribution in [2.45, 2.75) is 12.8 Å². The number of ketones is 1. The highest BCUT2D eigenvalue weighted by Crippen LogP contribution is 2.23. The number of hydrogen-bond acceptors (Lipinski definition) is 6. The highest BCUT2D eigenvalue weighted by Gasteiger charge is 2.23. The molecule has 0 atom stereocenters. The fourth-order valence-corrected chi connectivity index (χ4v) is 3.99. The van der Waals surface area contributed by atoms with Crippen molar-refractivity contribution in [2.75, 3.05) is 18.1 Å². The zero-order valence-corrected chi connectivity index (χ0v) is 15.6. The monoisotopic (exact) mass is 403 g/mol. The largest absolute Gasteiger partial charge is 0.453 e. The van der Waals surface area contributed by atoms with Crippen LogP contribution < -0.4 is 4.90 Å². The van der Waals surface area contributed by atoms with Crippen LogP contribution in [0.15, 0.2) is 35.8 Å². The van der Waals surface area contributed by atoms with Crippen LogP contribution in [0.4, 0.5) is 5.69 Å². The zero-order valence-electron chi connectivity index (χ0n) is 14.1. The van der Waals surface area contributed by atoms with E-state index in [0.717, 1.165) is 12.1 Å². The lowest BCUT2D eigenvalue weighted by Crippen LogP contribution is -2.23. The molecule has 0 bridgehead atoms. The van der Waals surface area contributed by atoms with Gasteiger partial charge in [0.1, 0.15) is 0 Å². The highest BCUT2D eigenvalue weighted by molar-refractivity contribution is 7.15. The molecule has 4 rings (SSSR count). The van der Waals surface area contributed by atoms with E-state index in [1.807, 2.05) is 0 Å². The maximum Gasteiger partial charge on any atom is 0.359 e. The molecule has 1 saturated heterocycles. The standard InChI is InChI=1S/C18H14ClN3O4S/c19-16-15(22-8-9-27-18(22)20-16)17(25)26-10-13(23)11-3-5-12(6-4-11)21-7-1-2-14(21)24/h3-6,8-9H,1-2,7,10H2. The van der Waals surface area contributed by atoms with Gasteiger partial charge in [-0.05, 0) is 30.7 Å². The molecule has 3 heterocycles. The maximum atomic E-state index is 12.3. The number of ether oxygens (including phenoxy) is 1. The molecule has 1 aliphatic rings. The molecule has 0 radical (unpaired) electrons. The number of aromatic nitrogens is 2. The molecule has 2 aromatic heterocycles. The van der Waals surface area contributed by atoms with Gasteiger partial charge in [-0.15, -0.1) is 11.3 Å². The Labute approximate surface area is 163 Å². The summed E-state index contributed by atoms with van der Waals surface area (Å²) < 4.78 is 6.64. The molecule has 138 valence electrons. The highest BCUT2D eigenvalue weighted by atomic mass is 35.5. The predicted molar refractivity (Wildman–Crippen MR) is 101 cm³/mol. The van der Waals surface area contributed by atoms with E-state index in [9.17, 15) is 14.4 Å². The fraction of sp³-hybridized carbons (Fsp3) is 0.222. The van der Waals surface area contributed by atoms with E-state index >= 15 is 0 Å². The van der Waals surface area contributed by atoms with E-state index in [4.69, 9.17) is 16.3 Å². The number of carbonyl (C=O) groups excluding carboxylic acids is 3. The number of nitrogens with zero attached hydrogens (tertiary/aromatic N) is 3. The molecule has 27 heavy (non-hydrogen) atoms. The van der Waals surface area contributed by atoms with Gasteiger partial charge < -0.3 is 9.64 Å². The molecule has 0 aliphatic carbocycles. The summed E-state index contributed by atoms with van der Waals surface area (Å²) >= 11 is 7.32. The molecule has 1 aliphatic heterocycles. The van der Waals surface area contributed by atoms with Gasteiger partial charge in [-0.1, -0.05) is 11.6 Å². The second kappa shape index (κ2) is 7.13. The van der Waals surface area contributed by atoms with Gasteiger partial charge in [0.2, 0.25) is 5.91 Å². The summed E-state index contributed by atoms with van der Waals surface area (Å²) in [6.07, 6.45) is 3.05. The quantitative estimate of drug-likeness (QED) is 0.482. The number of hydrogen-bond donors (Lipinski definition) is 0. The average Bonchev–Trinajstić information content (AvgIpc) is 3.35. The molecule has 3 aromatic rings. The van der Waals surface area contributed by atoms with Gasteiger partial charge >= 0.3 is 5.97 Å². The molecule has 0 saturated carbocycles. The van der Waals surface area contributed by atoms with Gasteiger partial charge in [0.25, 0.3) is 0 Å². The third-order valence-electron chi connectivity index (χ3n) is 4.32. The van der Waals surface area contributed by atoms with E-state index in [0.29, 0.717) is 23.5 Å². The molecule has 0 spiro atoms. The first-order valence-electron chi connectivity index (χ1n) is 8.26. The van der Waals surface area contributed by atoms with Gasteiger partial charge in [0.05, 0.1) is 0 Å². The van der Waals surface area contributed by atoms with Crippen LogP contribution in [0.2, 0.25) is 5.15 Å².